The fourth-order valence-electron chi connectivity index (χ4n) is 4.22. The van der Waals surface area contributed by atoms with Gasteiger partial charge in [-0.05, 0) is 50.8 Å². The zero-order valence-electron chi connectivity index (χ0n) is 17.4. The summed E-state index contributed by atoms with van der Waals surface area (Å²) in [6.45, 7) is 6.83. The second kappa shape index (κ2) is 8.41. The van der Waals surface area contributed by atoms with Gasteiger partial charge < -0.3 is 9.80 Å². The van der Waals surface area contributed by atoms with Gasteiger partial charge in [-0.2, -0.15) is 0 Å². The molecule has 0 unspecified atom stereocenters. The maximum atomic E-state index is 13.3. The second-order valence-corrected chi connectivity index (χ2v) is 8.65. The largest absolute Gasteiger partial charge is 0.371 e. The lowest BCUT2D eigenvalue weighted by Gasteiger charge is -2.31. The van der Waals surface area contributed by atoms with Gasteiger partial charge in [-0.3, -0.25) is 9.36 Å². The number of amides is 1. The molecule has 3 heterocycles. The average Bonchev–Trinajstić information content (AvgIpc) is 3.36. The molecule has 1 fully saturated rings. The molecule has 0 radical (unpaired) electrons. The maximum Gasteiger partial charge on any atom is 0.255 e. The SMILES string of the molecule is Cc1cc(C(=O)N(C)Cc2ccccc2N2CCCCC2)c(C)n1-c1nccs1. The highest BCUT2D eigenvalue weighted by molar-refractivity contribution is 7.12. The molecule has 1 amide bonds. The lowest BCUT2D eigenvalue weighted by Crippen LogP contribution is -2.32. The number of nitrogens with zero attached hydrogens (tertiary/aromatic N) is 4. The molecule has 152 valence electrons. The lowest BCUT2D eigenvalue weighted by molar-refractivity contribution is 0.0784. The molecule has 0 N–H and O–H groups in total. The number of piperidine rings is 1. The van der Waals surface area contributed by atoms with Crippen molar-refractivity contribution in [3.63, 3.8) is 0 Å². The number of benzene rings is 1. The third kappa shape index (κ3) is 3.94. The molecule has 2 aromatic heterocycles. The number of aryl methyl sites for hydroxylation is 1. The van der Waals surface area contributed by atoms with E-state index in [1.54, 1.807) is 17.5 Å². The van der Waals surface area contributed by atoms with E-state index in [-0.39, 0.29) is 5.91 Å². The molecule has 6 heteroatoms. The normalized spacial score (nSPS) is 14.2. The minimum Gasteiger partial charge on any atom is -0.371 e. The molecule has 0 atom stereocenters. The molecule has 4 rings (SSSR count). The zero-order chi connectivity index (χ0) is 20.4. The van der Waals surface area contributed by atoms with Gasteiger partial charge in [0.25, 0.3) is 5.91 Å². The average molecular weight is 409 g/mol. The van der Waals surface area contributed by atoms with Gasteiger partial charge in [0.2, 0.25) is 0 Å². The van der Waals surface area contributed by atoms with Crippen molar-refractivity contribution >= 4 is 22.9 Å². The predicted octanol–water partition coefficient (Wildman–Crippen LogP) is 4.81. The summed E-state index contributed by atoms with van der Waals surface area (Å²) in [5.74, 6) is 0.0503. The Morgan fingerprint density at radius 1 is 1.17 bits per heavy atom. The molecule has 0 spiro atoms. The van der Waals surface area contributed by atoms with Gasteiger partial charge in [-0.15, -0.1) is 11.3 Å². The van der Waals surface area contributed by atoms with Crippen LogP contribution in [0, 0.1) is 13.8 Å². The summed E-state index contributed by atoms with van der Waals surface area (Å²) in [6.07, 6.45) is 5.59. The number of rotatable bonds is 5. The number of hydrogen-bond donors (Lipinski definition) is 0. The highest BCUT2D eigenvalue weighted by Gasteiger charge is 2.22. The highest BCUT2D eigenvalue weighted by atomic mass is 32.1. The van der Waals surface area contributed by atoms with Gasteiger partial charge in [0.1, 0.15) is 0 Å². The number of hydrogen-bond acceptors (Lipinski definition) is 4. The molecular formula is C23H28N4OS. The van der Waals surface area contributed by atoms with Crippen molar-refractivity contribution in [2.45, 2.75) is 39.7 Å². The lowest BCUT2D eigenvalue weighted by atomic mass is 10.1. The Labute approximate surface area is 176 Å². The van der Waals surface area contributed by atoms with Crippen LogP contribution in [-0.2, 0) is 6.54 Å². The summed E-state index contributed by atoms with van der Waals surface area (Å²) in [6, 6.07) is 10.5. The number of carbonyl (C=O) groups is 1. The van der Waals surface area contributed by atoms with E-state index in [1.165, 1.54) is 30.5 Å². The zero-order valence-corrected chi connectivity index (χ0v) is 18.2. The monoisotopic (exact) mass is 408 g/mol. The molecule has 0 aliphatic carbocycles. The third-order valence-corrected chi connectivity index (χ3v) is 6.47. The molecular weight excluding hydrogens is 380 g/mol. The van der Waals surface area contributed by atoms with E-state index in [0.717, 1.165) is 35.2 Å². The van der Waals surface area contributed by atoms with Crippen LogP contribution in [0.25, 0.3) is 5.13 Å². The molecule has 1 aliphatic rings. The fourth-order valence-corrected chi connectivity index (χ4v) is 4.97. The first kappa shape index (κ1) is 19.7. The Bertz CT molecular complexity index is 986. The van der Waals surface area contributed by atoms with Crippen LogP contribution in [0.3, 0.4) is 0 Å². The smallest absolute Gasteiger partial charge is 0.255 e. The van der Waals surface area contributed by atoms with Crippen molar-refractivity contribution in [1.29, 1.82) is 0 Å². The standard InChI is InChI=1S/C23H28N4OS/c1-17-15-20(18(2)27(17)23-24-11-14-29-23)22(28)25(3)16-19-9-5-6-10-21(19)26-12-7-4-8-13-26/h5-6,9-11,14-15H,4,7-8,12-13,16H2,1-3H3. The van der Waals surface area contributed by atoms with Crippen LogP contribution >= 0.6 is 11.3 Å². The van der Waals surface area contributed by atoms with Crippen LogP contribution in [0.4, 0.5) is 5.69 Å². The van der Waals surface area contributed by atoms with Crippen LogP contribution in [-0.4, -0.2) is 40.5 Å². The molecule has 0 saturated carbocycles. The molecule has 3 aromatic rings. The van der Waals surface area contributed by atoms with Crippen LogP contribution < -0.4 is 4.90 Å². The summed E-state index contributed by atoms with van der Waals surface area (Å²) in [5, 5.41) is 2.86. The van der Waals surface area contributed by atoms with Crippen molar-refractivity contribution in [2.75, 3.05) is 25.0 Å². The Kier molecular flexibility index (Phi) is 5.72. The van der Waals surface area contributed by atoms with Crippen molar-refractivity contribution in [1.82, 2.24) is 14.5 Å². The van der Waals surface area contributed by atoms with E-state index in [4.69, 9.17) is 0 Å². The van der Waals surface area contributed by atoms with Crippen molar-refractivity contribution in [2.24, 2.45) is 0 Å². The number of thiazole rings is 1. The minimum atomic E-state index is 0.0503. The molecule has 1 aliphatic heterocycles. The van der Waals surface area contributed by atoms with Gasteiger partial charge in [-0.1, -0.05) is 18.2 Å². The van der Waals surface area contributed by atoms with E-state index in [2.05, 4.69) is 38.7 Å². The Balaban J connectivity index is 1.56. The van der Waals surface area contributed by atoms with Gasteiger partial charge in [0.05, 0.1) is 5.56 Å². The summed E-state index contributed by atoms with van der Waals surface area (Å²) in [7, 11) is 1.89. The molecule has 29 heavy (non-hydrogen) atoms. The highest BCUT2D eigenvalue weighted by Crippen LogP contribution is 2.27. The molecule has 1 saturated heterocycles. The van der Waals surface area contributed by atoms with E-state index >= 15 is 0 Å². The van der Waals surface area contributed by atoms with E-state index in [9.17, 15) is 4.79 Å². The van der Waals surface area contributed by atoms with Gasteiger partial charge in [0.15, 0.2) is 5.13 Å². The predicted molar refractivity (Wildman–Crippen MR) is 119 cm³/mol. The van der Waals surface area contributed by atoms with Crippen molar-refractivity contribution < 1.29 is 4.79 Å². The van der Waals surface area contributed by atoms with Crippen LogP contribution in [0.15, 0.2) is 41.9 Å². The van der Waals surface area contributed by atoms with Crippen LogP contribution in [0.1, 0.15) is 46.6 Å². The quantitative estimate of drug-likeness (QED) is 0.608. The molecule has 0 bridgehead atoms. The van der Waals surface area contributed by atoms with E-state index in [0.29, 0.717) is 6.54 Å². The molecule has 5 nitrogen and oxygen atoms in total. The van der Waals surface area contributed by atoms with E-state index < -0.39 is 0 Å². The fraction of sp³-hybridized carbons (Fsp3) is 0.391. The maximum absolute atomic E-state index is 13.3. The Morgan fingerprint density at radius 2 is 1.93 bits per heavy atom. The minimum absolute atomic E-state index is 0.0503. The number of para-hydroxylation sites is 1. The van der Waals surface area contributed by atoms with Crippen molar-refractivity contribution in [3.05, 3.63) is 64.4 Å². The Morgan fingerprint density at radius 3 is 2.66 bits per heavy atom. The third-order valence-electron chi connectivity index (χ3n) is 5.71. The van der Waals surface area contributed by atoms with Crippen LogP contribution in [0.2, 0.25) is 0 Å². The van der Waals surface area contributed by atoms with Gasteiger partial charge in [-0.25, -0.2) is 4.98 Å². The first-order chi connectivity index (χ1) is 14.1. The van der Waals surface area contributed by atoms with Crippen LogP contribution in [0.5, 0.6) is 0 Å². The van der Waals surface area contributed by atoms with Crippen molar-refractivity contribution in [3.8, 4) is 5.13 Å². The summed E-state index contributed by atoms with van der Waals surface area (Å²) in [5.41, 5.74) is 5.19. The summed E-state index contributed by atoms with van der Waals surface area (Å²) >= 11 is 1.58. The first-order valence-electron chi connectivity index (χ1n) is 10.2. The number of carbonyl (C=O) groups excluding carboxylic acids is 1. The second-order valence-electron chi connectivity index (χ2n) is 7.77. The summed E-state index contributed by atoms with van der Waals surface area (Å²) in [4.78, 5) is 22.0. The van der Waals surface area contributed by atoms with Gasteiger partial charge in [0, 0.05) is 55.3 Å². The number of anilines is 1. The first-order valence-corrected chi connectivity index (χ1v) is 11.1. The van der Waals surface area contributed by atoms with Gasteiger partial charge >= 0.3 is 0 Å². The summed E-state index contributed by atoms with van der Waals surface area (Å²) < 4.78 is 2.06. The van der Waals surface area contributed by atoms with E-state index in [1.807, 2.05) is 37.2 Å². The number of aromatic nitrogens is 2. The molecule has 1 aromatic carbocycles. The Hall–Kier alpha value is -2.60. The topological polar surface area (TPSA) is 41.4 Å².